The summed E-state index contributed by atoms with van der Waals surface area (Å²) < 4.78 is 26.7. The molecule has 6 nitrogen and oxygen atoms in total. The van der Waals surface area contributed by atoms with Crippen molar-refractivity contribution >= 4 is 33.1 Å². The summed E-state index contributed by atoms with van der Waals surface area (Å²) in [4.78, 5) is 14.6. The van der Waals surface area contributed by atoms with E-state index in [1.807, 2.05) is 13.0 Å². The maximum atomic E-state index is 12.2. The van der Waals surface area contributed by atoms with Crippen molar-refractivity contribution < 1.29 is 18.3 Å². The Morgan fingerprint density at radius 3 is 2.65 bits per heavy atom. The quantitative estimate of drug-likeness (QED) is 0.902. The van der Waals surface area contributed by atoms with Gasteiger partial charge < -0.3 is 5.11 Å². The number of hydrogen-bond acceptors (Lipinski definition) is 5. The van der Waals surface area contributed by atoms with E-state index in [1.165, 1.54) is 11.4 Å². The fraction of sp³-hybridized carbons (Fsp3) is 0.167. The second-order valence-corrected chi connectivity index (χ2v) is 6.76. The predicted molar refractivity (Wildman–Crippen MR) is 75.8 cm³/mol. The van der Waals surface area contributed by atoms with E-state index in [9.17, 15) is 13.2 Å². The van der Waals surface area contributed by atoms with Gasteiger partial charge in [0.25, 0.3) is 10.0 Å². The van der Waals surface area contributed by atoms with Crippen molar-refractivity contribution in [3.05, 3.63) is 39.7 Å². The lowest BCUT2D eigenvalue weighted by Gasteiger charge is -2.08. The highest BCUT2D eigenvalue weighted by Crippen LogP contribution is 2.24. The van der Waals surface area contributed by atoms with Gasteiger partial charge in [-0.1, -0.05) is 0 Å². The first kappa shape index (κ1) is 14.5. The molecule has 0 bridgehead atoms. The second kappa shape index (κ2) is 5.22. The molecule has 0 saturated carbocycles. The van der Waals surface area contributed by atoms with Crippen molar-refractivity contribution in [2.45, 2.75) is 18.7 Å². The molecule has 0 atom stereocenters. The lowest BCUT2D eigenvalue weighted by atomic mass is 10.2. The Bertz CT molecular complexity index is 745. The number of sulfonamides is 1. The first-order valence-electron chi connectivity index (χ1n) is 5.58. The van der Waals surface area contributed by atoms with Crippen LogP contribution in [-0.2, 0) is 10.0 Å². The van der Waals surface area contributed by atoms with Crippen LogP contribution in [0.2, 0.25) is 0 Å². The molecule has 0 amide bonds. The molecule has 0 aliphatic rings. The molecule has 2 aromatic rings. The van der Waals surface area contributed by atoms with Crippen LogP contribution in [0.25, 0.3) is 0 Å². The zero-order valence-corrected chi connectivity index (χ0v) is 12.4. The van der Waals surface area contributed by atoms with Gasteiger partial charge in [-0.15, -0.1) is 11.3 Å². The van der Waals surface area contributed by atoms with E-state index >= 15 is 0 Å². The fourth-order valence-electron chi connectivity index (χ4n) is 1.75. The highest BCUT2D eigenvalue weighted by Gasteiger charge is 2.24. The van der Waals surface area contributed by atoms with Crippen molar-refractivity contribution in [3.8, 4) is 0 Å². The van der Waals surface area contributed by atoms with Gasteiger partial charge in [-0.25, -0.2) is 18.2 Å². The number of nitrogens with one attached hydrogen (secondary N) is 1. The second-order valence-electron chi connectivity index (χ2n) is 4.20. The zero-order chi connectivity index (χ0) is 14.9. The van der Waals surface area contributed by atoms with Crippen molar-refractivity contribution in [2.24, 2.45) is 0 Å². The molecule has 0 radical (unpaired) electrons. The van der Waals surface area contributed by atoms with E-state index in [0.29, 0.717) is 5.69 Å². The number of thiophene rings is 1. The number of pyridine rings is 1. The van der Waals surface area contributed by atoms with Gasteiger partial charge in [-0.3, -0.25) is 4.72 Å². The Kier molecular flexibility index (Phi) is 3.78. The third-order valence-electron chi connectivity index (χ3n) is 2.45. The van der Waals surface area contributed by atoms with Crippen LogP contribution in [0, 0.1) is 13.8 Å². The standard InChI is InChI=1S/C12H12N2O4S2/c1-7-5-8(2)13-10(6-7)14-20(17,18)9-3-4-19-11(9)12(15)16/h3-6H,1-2H3,(H,13,14)(H,15,16). The number of carbonyl (C=O) groups is 1. The molecular formula is C12H12N2O4S2. The first-order valence-corrected chi connectivity index (χ1v) is 7.95. The molecule has 0 saturated heterocycles. The summed E-state index contributed by atoms with van der Waals surface area (Å²) in [5, 5.41) is 10.4. The molecule has 0 aromatic carbocycles. The molecular weight excluding hydrogens is 300 g/mol. The van der Waals surface area contributed by atoms with Crippen LogP contribution < -0.4 is 4.72 Å². The van der Waals surface area contributed by atoms with Crippen molar-refractivity contribution in [1.29, 1.82) is 0 Å². The van der Waals surface area contributed by atoms with Crippen LogP contribution in [0.1, 0.15) is 20.9 Å². The maximum Gasteiger partial charge on any atom is 0.347 e. The van der Waals surface area contributed by atoms with Crippen LogP contribution >= 0.6 is 11.3 Å². The van der Waals surface area contributed by atoms with Crippen LogP contribution in [0.3, 0.4) is 0 Å². The number of aryl methyl sites for hydroxylation is 2. The number of rotatable bonds is 4. The monoisotopic (exact) mass is 312 g/mol. The van der Waals surface area contributed by atoms with Crippen LogP contribution in [0.4, 0.5) is 5.82 Å². The van der Waals surface area contributed by atoms with Crippen molar-refractivity contribution in [1.82, 2.24) is 4.98 Å². The third-order valence-corrected chi connectivity index (χ3v) is 4.88. The SMILES string of the molecule is Cc1cc(C)nc(NS(=O)(=O)c2ccsc2C(=O)O)c1. The topological polar surface area (TPSA) is 96.4 Å². The Hall–Kier alpha value is -1.93. The number of carboxylic acid groups (broad SMARTS) is 1. The lowest BCUT2D eigenvalue weighted by Crippen LogP contribution is -2.16. The molecule has 20 heavy (non-hydrogen) atoms. The summed E-state index contributed by atoms with van der Waals surface area (Å²) in [5.74, 6) is -1.10. The molecule has 8 heteroatoms. The molecule has 0 spiro atoms. The number of nitrogens with zero attached hydrogens (tertiary/aromatic N) is 1. The van der Waals surface area contributed by atoms with Crippen LogP contribution in [-0.4, -0.2) is 24.5 Å². The average molecular weight is 312 g/mol. The Morgan fingerprint density at radius 1 is 1.35 bits per heavy atom. The van der Waals surface area contributed by atoms with Gasteiger partial charge in [-0.2, -0.15) is 0 Å². The number of aromatic carboxylic acids is 1. The minimum absolute atomic E-state index is 0.171. The highest BCUT2D eigenvalue weighted by atomic mass is 32.2. The summed E-state index contributed by atoms with van der Waals surface area (Å²) in [5.41, 5.74) is 1.53. The predicted octanol–water partition coefficient (Wildman–Crippen LogP) is 2.26. The smallest absolute Gasteiger partial charge is 0.347 e. The zero-order valence-electron chi connectivity index (χ0n) is 10.7. The highest BCUT2D eigenvalue weighted by molar-refractivity contribution is 7.93. The fourth-order valence-corrected chi connectivity index (χ4v) is 4.00. The molecule has 0 unspecified atom stereocenters. The summed E-state index contributed by atoms with van der Waals surface area (Å²) in [6, 6.07) is 4.65. The van der Waals surface area contributed by atoms with E-state index in [-0.39, 0.29) is 15.6 Å². The summed E-state index contributed by atoms with van der Waals surface area (Å²) in [6.45, 7) is 3.57. The van der Waals surface area contributed by atoms with Gasteiger partial charge in [0, 0.05) is 5.69 Å². The largest absolute Gasteiger partial charge is 0.477 e. The summed E-state index contributed by atoms with van der Waals surface area (Å²) in [7, 11) is -3.96. The molecule has 0 aliphatic carbocycles. The summed E-state index contributed by atoms with van der Waals surface area (Å²) >= 11 is 0.862. The number of aromatic nitrogens is 1. The van der Waals surface area contributed by atoms with Crippen LogP contribution in [0.5, 0.6) is 0 Å². The van der Waals surface area contributed by atoms with Gasteiger partial charge in [-0.05, 0) is 43.0 Å². The van der Waals surface area contributed by atoms with E-state index in [4.69, 9.17) is 5.11 Å². The van der Waals surface area contributed by atoms with Gasteiger partial charge in [0.1, 0.15) is 15.6 Å². The molecule has 2 N–H and O–H groups in total. The van der Waals surface area contributed by atoms with Crippen LogP contribution in [0.15, 0.2) is 28.5 Å². The van der Waals surface area contributed by atoms with Crippen molar-refractivity contribution in [2.75, 3.05) is 4.72 Å². The molecule has 2 rings (SSSR count). The minimum atomic E-state index is -3.96. The third kappa shape index (κ3) is 2.97. The Morgan fingerprint density at radius 2 is 2.05 bits per heavy atom. The molecule has 0 aliphatic heterocycles. The normalized spacial score (nSPS) is 11.3. The minimum Gasteiger partial charge on any atom is -0.477 e. The number of carboxylic acids is 1. The van der Waals surface area contributed by atoms with Gasteiger partial charge in [0.15, 0.2) is 0 Å². The Balaban J connectivity index is 2.41. The lowest BCUT2D eigenvalue weighted by molar-refractivity contribution is 0.0698. The van der Waals surface area contributed by atoms with E-state index in [2.05, 4.69) is 9.71 Å². The van der Waals surface area contributed by atoms with Gasteiger partial charge in [0.05, 0.1) is 0 Å². The number of anilines is 1. The molecule has 0 fully saturated rings. The summed E-state index contributed by atoms with van der Waals surface area (Å²) in [6.07, 6.45) is 0. The first-order chi connectivity index (χ1) is 9.29. The van der Waals surface area contributed by atoms with Gasteiger partial charge >= 0.3 is 5.97 Å². The van der Waals surface area contributed by atoms with Crippen molar-refractivity contribution in [3.63, 3.8) is 0 Å². The van der Waals surface area contributed by atoms with E-state index < -0.39 is 16.0 Å². The molecule has 2 heterocycles. The van der Waals surface area contributed by atoms with Gasteiger partial charge in [0.2, 0.25) is 0 Å². The average Bonchev–Trinajstić information content (AvgIpc) is 2.75. The maximum absolute atomic E-state index is 12.2. The van der Waals surface area contributed by atoms with E-state index in [0.717, 1.165) is 16.9 Å². The Labute approximate surface area is 120 Å². The molecule has 106 valence electrons. The number of hydrogen-bond donors (Lipinski definition) is 2. The van der Waals surface area contributed by atoms with E-state index in [1.54, 1.807) is 13.0 Å². The molecule has 2 aromatic heterocycles.